The average Bonchev–Trinajstić information content (AvgIpc) is 3.65. The Hall–Kier alpha value is -5.38. The van der Waals surface area contributed by atoms with Crippen LogP contribution in [0.5, 0.6) is 0 Å². The summed E-state index contributed by atoms with van der Waals surface area (Å²) in [5.74, 6) is -4.66. The zero-order valence-electron chi connectivity index (χ0n) is 34.5. The van der Waals surface area contributed by atoms with E-state index in [1.165, 1.54) is 10.8 Å². The van der Waals surface area contributed by atoms with E-state index in [1.807, 2.05) is 0 Å². The number of ether oxygens (including phenoxy) is 1. The molecule has 6 rings (SSSR count). The molecule has 0 atom stereocenters. The first-order valence-corrected chi connectivity index (χ1v) is 19.6. The van der Waals surface area contributed by atoms with Gasteiger partial charge in [-0.2, -0.15) is 39.5 Å². The summed E-state index contributed by atoms with van der Waals surface area (Å²) in [6, 6.07) is 5.40. The predicted octanol–water partition coefficient (Wildman–Crippen LogP) is 11.7. The summed E-state index contributed by atoms with van der Waals surface area (Å²) in [5, 5.41) is 17.6. The van der Waals surface area contributed by atoms with Crippen molar-refractivity contribution in [2.45, 2.75) is 71.6 Å². The first-order chi connectivity index (χ1) is 29.6. The summed E-state index contributed by atoms with van der Waals surface area (Å²) >= 11 is 24.9. The maximum Gasteiger partial charge on any atom is 0.490 e. The molecule has 0 amide bonds. The molecule has 6 aromatic heterocycles. The summed E-state index contributed by atoms with van der Waals surface area (Å²) in [7, 11) is 3.18. The number of halogens is 13. The Bertz CT molecular complexity index is 2840. The minimum Gasteiger partial charge on any atom is -0.478 e. The van der Waals surface area contributed by atoms with Gasteiger partial charge in [0.15, 0.2) is 0 Å². The topological polar surface area (TPSA) is 162 Å². The normalized spacial score (nSPS) is 12.1. The van der Waals surface area contributed by atoms with Crippen LogP contribution in [0.4, 0.5) is 39.5 Å². The number of aromatic carboxylic acids is 1. The van der Waals surface area contributed by atoms with Gasteiger partial charge in [0.05, 0.1) is 21.2 Å². The highest BCUT2D eigenvalue weighted by molar-refractivity contribution is 6.38. The molecule has 6 heterocycles. The lowest BCUT2D eigenvalue weighted by Gasteiger charge is -2.20. The first-order valence-electron chi connectivity index (χ1n) is 18.1. The third-order valence-corrected chi connectivity index (χ3v) is 10.6. The molecule has 0 saturated heterocycles. The molecule has 0 aliphatic carbocycles. The van der Waals surface area contributed by atoms with Gasteiger partial charge in [-0.15, -0.1) is 0 Å². The monoisotopic (exact) mass is 1000 g/mol. The van der Waals surface area contributed by atoms with Gasteiger partial charge in [-0.25, -0.2) is 34.3 Å². The Morgan fingerprint density at radius 3 is 1.32 bits per heavy atom. The van der Waals surface area contributed by atoms with E-state index < -0.39 is 53.4 Å². The highest BCUT2D eigenvalue weighted by atomic mass is 35.5. The van der Waals surface area contributed by atoms with E-state index in [0.29, 0.717) is 38.9 Å². The molecule has 0 spiro atoms. The zero-order chi connectivity index (χ0) is 49.5. The van der Waals surface area contributed by atoms with E-state index in [-0.39, 0.29) is 61.2 Å². The summed E-state index contributed by atoms with van der Waals surface area (Å²) in [6.45, 7) is 8.33. The van der Waals surface area contributed by atoms with Gasteiger partial charge in [0.2, 0.25) is 0 Å². The van der Waals surface area contributed by atoms with E-state index in [9.17, 15) is 49.1 Å². The Balaban J connectivity index is 0.000000250. The van der Waals surface area contributed by atoms with Crippen molar-refractivity contribution in [2.24, 2.45) is 14.1 Å². The number of aromatic nitrogens is 6. The van der Waals surface area contributed by atoms with Gasteiger partial charge >= 0.3 is 36.4 Å². The number of aliphatic carboxylic acids is 1. The third kappa shape index (κ3) is 12.3. The van der Waals surface area contributed by atoms with E-state index in [4.69, 9.17) is 66.1 Å². The second-order valence-electron chi connectivity index (χ2n) is 15.0. The van der Waals surface area contributed by atoms with Crippen LogP contribution < -0.4 is 0 Å². The molecule has 12 nitrogen and oxygen atoms in total. The van der Waals surface area contributed by atoms with Crippen molar-refractivity contribution in [2.75, 3.05) is 0 Å². The Morgan fingerprint density at radius 1 is 0.646 bits per heavy atom. The van der Waals surface area contributed by atoms with Crippen molar-refractivity contribution in [3.8, 4) is 0 Å². The number of fused-ring (bicyclic) bond motifs is 2. The van der Waals surface area contributed by atoms with Gasteiger partial charge < -0.3 is 24.1 Å². The standard InChI is InChI=1S/C21H20Cl2F3N3O2.C17H12Cl2F3N3O2.C2HF3O2/c1-10-6-15(21(24,25)26)28-18-12(10)7-11(29(18)5)8-13-16(22)14(9-27-17(13)23)19(30)31-20(2,3)4;1-7-3-12(17(20,21)22)24-15-9(7)4-8(25(15)2)5-10-13(18)11(16(26)27)6-23-14(10)19;3-2(4,5)1(6)7/h6-7,9H,8H2,1-5H3;3-4,6H,5H2,1-2H3,(H,26,27);(H,6,7). The zero-order valence-corrected chi connectivity index (χ0v) is 37.5. The van der Waals surface area contributed by atoms with E-state index >= 15 is 0 Å². The molecule has 0 aromatic carbocycles. The summed E-state index contributed by atoms with van der Waals surface area (Å²) < 4.78 is 119. The van der Waals surface area contributed by atoms with Crippen molar-refractivity contribution < 1.29 is 68.8 Å². The van der Waals surface area contributed by atoms with Crippen molar-refractivity contribution in [1.82, 2.24) is 29.1 Å². The van der Waals surface area contributed by atoms with Crippen LogP contribution in [0.25, 0.3) is 22.1 Å². The van der Waals surface area contributed by atoms with E-state index in [1.54, 1.807) is 65.4 Å². The summed E-state index contributed by atoms with van der Waals surface area (Å²) in [4.78, 5) is 48.0. The van der Waals surface area contributed by atoms with Crippen LogP contribution in [0, 0.1) is 13.8 Å². The molecular weight excluding hydrogens is 973 g/mol. The Kier molecular flexibility index (Phi) is 15.5. The number of aryl methyl sites for hydroxylation is 4. The van der Waals surface area contributed by atoms with Crippen molar-refractivity contribution in [3.63, 3.8) is 0 Å². The second kappa shape index (κ2) is 19.2. The lowest BCUT2D eigenvalue weighted by molar-refractivity contribution is -0.192. The number of carbonyl (C=O) groups is 3. The van der Waals surface area contributed by atoms with Crippen molar-refractivity contribution in [1.29, 1.82) is 0 Å². The number of carbonyl (C=O) groups excluding carboxylic acids is 1. The molecule has 0 aliphatic rings. The van der Waals surface area contributed by atoms with E-state index in [0.717, 1.165) is 18.3 Å². The summed E-state index contributed by atoms with van der Waals surface area (Å²) in [5.41, 5.74) is 0.204. The largest absolute Gasteiger partial charge is 0.490 e. The van der Waals surface area contributed by atoms with Gasteiger partial charge in [-0.05, 0) is 70.0 Å². The van der Waals surface area contributed by atoms with Crippen LogP contribution in [0.3, 0.4) is 0 Å². The highest BCUT2D eigenvalue weighted by Gasteiger charge is 2.38. The molecule has 0 radical (unpaired) electrons. The second-order valence-corrected chi connectivity index (χ2v) is 16.5. The number of rotatable bonds is 6. The lowest BCUT2D eigenvalue weighted by Crippen LogP contribution is -2.24. The van der Waals surface area contributed by atoms with Crippen LogP contribution in [-0.4, -0.2) is 69.0 Å². The van der Waals surface area contributed by atoms with Crippen molar-refractivity contribution >= 4 is 86.4 Å². The van der Waals surface area contributed by atoms with Gasteiger partial charge in [-0.3, -0.25) is 0 Å². The lowest BCUT2D eigenvalue weighted by atomic mass is 10.1. The summed E-state index contributed by atoms with van der Waals surface area (Å²) in [6.07, 6.45) is -11.7. The molecule has 65 heavy (non-hydrogen) atoms. The van der Waals surface area contributed by atoms with Crippen LogP contribution in [0.2, 0.25) is 20.4 Å². The molecule has 0 aliphatic heterocycles. The fourth-order valence-corrected chi connectivity index (χ4v) is 7.02. The number of hydrogen-bond acceptors (Lipinski definition) is 8. The molecular formula is C40H33Cl4F9N6O6. The number of alkyl halides is 9. The maximum atomic E-state index is 13.2. The highest BCUT2D eigenvalue weighted by Crippen LogP contribution is 2.36. The molecule has 25 heteroatoms. The minimum absolute atomic E-state index is 0.0240. The number of hydrogen-bond donors (Lipinski definition) is 2. The third-order valence-electron chi connectivity index (χ3n) is 9.11. The van der Waals surface area contributed by atoms with Crippen LogP contribution in [-0.2, 0) is 48.8 Å². The predicted molar refractivity (Wildman–Crippen MR) is 221 cm³/mol. The molecule has 2 N–H and O–H groups in total. The molecule has 350 valence electrons. The van der Waals surface area contributed by atoms with Gasteiger partial charge in [0.25, 0.3) is 0 Å². The molecule has 0 bridgehead atoms. The number of esters is 1. The SMILES string of the molecule is Cc1cc(C(F)(F)F)nc2c1cc(Cc1c(Cl)ncc(C(=O)O)c1Cl)n2C.Cc1cc(C(F)(F)F)nc2c1cc(Cc1c(Cl)ncc(C(=O)OC(C)(C)C)c1Cl)n2C.O=C(O)C(F)(F)F. The number of carboxylic acid groups (broad SMARTS) is 2. The minimum atomic E-state index is -5.08. The van der Waals surface area contributed by atoms with Gasteiger partial charge in [0.1, 0.15) is 38.6 Å². The number of carboxylic acids is 2. The van der Waals surface area contributed by atoms with Gasteiger partial charge in [-0.1, -0.05) is 46.4 Å². The smallest absolute Gasteiger partial charge is 0.478 e. The quantitative estimate of drug-likeness (QED) is 0.0933. The van der Waals surface area contributed by atoms with Crippen LogP contribution in [0.15, 0.2) is 36.7 Å². The fourth-order valence-electron chi connectivity index (χ4n) is 5.93. The molecule has 0 unspecified atom stereocenters. The van der Waals surface area contributed by atoms with Crippen LogP contribution in [0.1, 0.15) is 86.5 Å². The molecule has 0 fully saturated rings. The first kappa shape index (κ1) is 52.2. The van der Waals surface area contributed by atoms with Gasteiger partial charge in [0, 0.05) is 72.6 Å². The number of nitrogens with zero attached hydrogens (tertiary/aromatic N) is 6. The van der Waals surface area contributed by atoms with E-state index in [2.05, 4.69) is 19.9 Å². The average molecular weight is 1010 g/mol. The Labute approximate surface area is 381 Å². The molecule has 0 saturated carbocycles. The Morgan fingerprint density at radius 2 is 1.00 bits per heavy atom. The number of pyridine rings is 4. The molecule has 6 aromatic rings. The van der Waals surface area contributed by atoms with Crippen LogP contribution >= 0.6 is 46.4 Å². The maximum absolute atomic E-state index is 13.2. The fraction of sp³-hybridized carbons (Fsp3) is 0.325. The van der Waals surface area contributed by atoms with Crippen molar-refractivity contribution in [3.05, 3.63) is 113 Å².